The van der Waals surface area contributed by atoms with Crippen molar-refractivity contribution in [3.63, 3.8) is 0 Å². The first-order valence-electron chi connectivity index (χ1n) is 8.04. The van der Waals surface area contributed by atoms with Gasteiger partial charge in [0.2, 0.25) is 0 Å². The number of methoxy groups -OCH3 is 1. The number of carbonyl (C=O) groups excluding carboxylic acids is 1. The zero-order valence-electron chi connectivity index (χ0n) is 14.8. The molecule has 2 aromatic heterocycles. The number of H-pyrrole nitrogens is 1. The number of rotatable bonds is 5. The molecule has 0 saturated heterocycles. The highest BCUT2D eigenvalue weighted by Crippen LogP contribution is 2.26. The van der Waals surface area contributed by atoms with Gasteiger partial charge in [0.25, 0.3) is 0 Å². The number of aromatic nitrogens is 4. The lowest BCUT2D eigenvalue weighted by Crippen LogP contribution is -2.11. The van der Waals surface area contributed by atoms with Crippen LogP contribution in [0.5, 0.6) is 0 Å². The highest BCUT2D eigenvalue weighted by molar-refractivity contribution is 6.33. The molecular formula is C18H16ClN7O2. The second-order valence-corrected chi connectivity index (χ2v) is 5.82. The molecule has 10 heteroatoms. The highest BCUT2D eigenvalue weighted by Gasteiger charge is 2.12. The van der Waals surface area contributed by atoms with E-state index in [2.05, 4.69) is 35.2 Å². The van der Waals surface area contributed by atoms with Crippen LogP contribution < -0.4 is 11.1 Å². The van der Waals surface area contributed by atoms with Gasteiger partial charge in [0.05, 0.1) is 24.1 Å². The third-order valence-corrected chi connectivity index (χ3v) is 3.96. The number of pyridine rings is 1. The van der Waals surface area contributed by atoms with Gasteiger partial charge in [-0.15, -0.1) is 0 Å². The molecule has 0 bridgehead atoms. The van der Waals surface area contributed by atoms with E-state index in [0.29, 0.717) is 39.2 Å². The van der Waals surface area contributed by atoms with Gasteiger partial charge in [-0.3, -0.25) is 15.4 Å². The summed E-state index contributed by atoms with van der Waals surface area (Å²) in [5.41, 5.74) is 8.40. The average Bonchev–Trinajstić information content (AvgIpc) is 3.23. The van der Waals surface area contributed by atoms with Crippen LogP contribution in [0.15, 0.2) is 53.9 Å². The van der Waals surface area contributed by atoms with Crippen LogP contribution in [0.2, 0.25) is 5.02 Å². The number of carbonyl (C=O) groups is 1. The van der Waals surface area contributed by atoms with E-state index in [-0.39, 0.29) is 0 Å². The molecule has 0 saturated carbocycles. The number of amides is 1. The maximum absolute atomic E-state index is 11.3. The van der Waals surface area contributed by atoms with Crippen molar-refractivity contribution in [3.8, 4) is 0 Å². The number of hydrogen-bond acceptors (Lipinski definition) is 7. The molecule has 4 N–H and O–H groups in total. The zero-order valence-corrected chi connectivity index (χ0v) is 15.5. The molecular weight excluding hydrogens is 382 g/mol. The van der Waals surface area contributed by atoms with Crippen LogP contribution in [0.1, 0.15) is 11.4 Å². The van der Waals surface area contributed by atoms with Crippen molar-refractivity contribution in [1.82, 2.24) is 20.2 Å². The Morgan fingerprint density at radius 3 is 2.86 bits per heavy atom. The number of anilines is 1. The molecule has 1 aromatic carbocycles. The summed E-state index contributed by atoms with van der Waals surface area (Å²) in [6.07, 6.45) is 3.79. The summed E-state index contributed by atoms with van der Waals surface area (Å²) >= 11 is 6.26. The first-order valence-corrected chi connectivity index (χ1v) is 8.41. The fourth-order valence-electron chi connectivity index (χ4n) is 2.28. The number of allylic oxidation sites excluding steroid dienone is 1. The zero-order chi connectivity index (χ0) is 19.9. The smallest absolute Gasteiger partial charge is 0.412 e. The average molecular weight is 398 g/mol. The minimum absolute atomic E-state index is 0.297. The molecule has 9 nitrogen and oxygen atoms in total. The van der Waals surface area contributed by atoms with Crippen molar-refractivity contribution in [2.24, 2.45) is 10.7 Å². The molecule has 3 aromatic rings. The van der Waals surface area contributed by atoms with Gasteiger partial charge in [-0.2, -0.15) is 5.10 Å². The predicted molar refractivity (Wildman–Crippen MR) is 107 cm³/mol. The Hall–Kier alpha value is -3.72. The lowest BCUT2D eigenvalue weighted by Gasteiger charge is -2.08. The SMILES string of the molecule is COC(=O)Nc1cc(N=CC(=C(N)c2ccccc2Cl)c2ncn[nH]2)ccn1. The summed E-state index contributed by atoms with van der Waals surface area (Å²) in [7, 11) is 1.27. The maximum Gasteiger partial charge on any atom is 0.412 e. The number of nitrogens with two attached hydrogens (primary N) is 1. The van der Waals surface area contributed by atoms with E-state index in [4.69, 9.17) is 17.3 Å². The first-order chi connectivity index (χ1) is 13.6. The molecule has 0 spiro atoms. The maximum atomic E-state index is 11.3. The molecule has 0 atom stereocenters. The topological polar surface area (TPSA) is 131 Å². The molecule has 0 aliphatic heterocycles. The van der Waals surface area contributed by atoms with Crippen molar-refractivity contribution >= 4 is 46.7 Å². The van der Waals surface area contributed by atoms with Crippen molar-refractivity contribution in [2.75, 3.05) is 12.4 Å². The van der Waals surface area contributed by atoms with Gasteiger partial charge < -0.3 is 10.5 Å². The fraction of sp³-hybridized carbons (Fsp3) is 0.0556. The minimum atomic E-state index is -0.626. The quantitative estimate of drug-likeness (QED) is 0.566. The van der Waals surface area contributed by atoms with Crippen LogP contribution in [0.25, 0.3) is 11.3 Å². The van der Waals surface area contributed by atoms with Gasteiger partial charge in [-0.1, -0.05) is 29.8 Å². The molecule has 0 aliphatic rings. The first kappa shape index (κ1) is 19.1. The van der Waals surface area contributed by atoms with Gasteiger partial charge in [-0.05, 0) is 12.1 Å². The normalized spacial score (nSPS) is 11.9. The van der Waals surface area contributed by atoms with Gasteiger partial charge in [0.15, 0.2) is 5.82 Å². The van der Waals surface area contributed by atoms with Crippen molar-refractivity contribution < 1.29 is 9.53 Å². The highest BCUT2D eigenvalue weighted by atomic mass is 35.5. The van der Waals surface area contributed by atoms with Crippen molar-refractivity contribution in [2.45, 2.75) is 0 Å². The minimum Gasteiger partial charge on any atom is -0.453 e. The van der Waals surface area contributed by atoms with Crippen LogP contribution in [0.4, 0.5) is 16.3 Å². The van der Waals surface area contributed by atoms with Crippen molar-refractivity contribution in [3.05, 3.63) is 65.3 Å². The van der Waals surface area contributed by atoms with E-state index in [9.17, 15) is 4.79 Å². The number of hydrogen-bond donors (Lipinski definition) is 3. The molecule has 0 fully saturated rings. The Labute approximate surface area is 165 Å². The standard InChI is InChI=1S/C18H16ClN7O2/c1-28-18(27)25-15-8-11(6-7-21-15)22-9-13(17-23-10-24-26-17)16(20)12-4-2-3-5-14(12)19/h2-10H,20H2,1H3,(H,21,25,27)(H,23,24,26). The Morgan fingerprint density at radius 2 is 2.14 bits per heavy atom. The summed E-state index contributed by atoms with van der Waals surface area (Å²) in [4.78, 5) is 23.9. The van der Waals surface area contributed by atoms with Crippen LogP contribution in [-0.4, -0.2) is 39.6 Å². The van der Waals surface area contributed by atoms with E-state index in [1.165, 1.54) is 25.8 Å². The number of nitrogens with zero attached hydrogens (tertiary/aromatic N) is 4. The van der Waals surface area contributed by atoms with Crippen molar-refractivity contribution in [1.29, 1.82) is 0 Å². The second kappa shape index (κ2) is 8.78. The Morgan fingerprint density at radius 1 is 1.32 bits per heavy atom. The molecule has 0 aliphatic carbocycles. The summed E-state index contributed by atoms with van der Waals surface area (Å²) in [6, 6.07) is 10.4. The summed E-state index contributed by atoms with van der Waals surface area (Å²) in [6.45, 7) is 0. The molecule has 0 radical (unpaired) electrons. The fourth-order valence-corrected chi connectivity index (χ4v) is 2.52. The van der Waals surface area contributed by atoms with Gasteiger partial charge in [0.1, 0.15) is 12.1 Å². The Kier molecular flexibility index (Phi) is 5.97. The largest absolute Gasteiger partial charge is 0.453 e. The number of halogens is 1. The third-order valence-electron chi connectivity index (χ3n) is 3.63. The summed E-state index contributed by atoms with van der Waals surface area (Å²) < 4.78 is 4.55. The van der Waals surface area contributed by atoms with E-state index >= 15 is 0 Å². The van der Waals surface area contributed by atoms with Crippen LogP contribution >= 0.6 is 11.6 Å². The third kappa shape index (κ3) is 4.51. The molecule has 1 amide bonds. The molecule has 0 unspecified atom stereocenters. The number of benzene rings is 1. The van der Waals surface area contributed by atoms with Crippen LogP contribution in [-0.2, 0) is 4.74 Å². The van der Waals surface area contributed by atoms with Gasteiger partial charge >= 0.3 is 6.09 Å². The van der Waals surface area contributed by atoms with E-state index < -0.39 is 6.09 Å². The van der Waals surface area contributed by atoms with Crippen LogP contribution in [0.3, 0.4) is 0 Å². The number of aromatic amines is 1. The van der Waals surface area contributed by atoms with Crippen LogP contribution in [0, 0.1) is 0 Å². The lowest BCUT2D eigenvalue weighted by atomic mass is 10.1. The predicted octanol–water partition coefficient (Wildman–Crippen LogP) is 3.26. The lowest BCUT2D eigenvalue weighted by molar-refractivity contribution is 0.187. The number of ether oxygens (including phenoxy) is 1. The van der Waals surface area contributed by atoms with E-state index in [1.807, 2.05) is 12.1 Å². The monoisotopic (exact) mass is 397 g/mol. The van der Waals surface area contributed by atoms with Gasteiger partial charge in [-0.25, -0.2) is 14.8 Å². The molecule has 2 heterocycles. The molecule has 28 heavy (non-hydrogen) atoms. The number of aliphatic imine (C=N–C) groups is 1. The molecule has 3 rings (SSSR count). The Balaban J connectivity index is 1.98. The second-order valence-electron chi connectivity index (χ2n) is 5.42. The number of nitrogens with one attached hydrogen (secondary N) is 2. The Bertz CT molecular complexity index is 1030. The molecule has 142 valence electrons. The van der Waals surface area contributed by atoms with E-state index in [1.54, 1.807) is 24.3 Å². The summed E-state index contributed by atoms with van der Waals surface area (Å²) in [5.74, 6) is 0.730. The van der Waals surface area contributed by atoms with Gasteiger partial charge in [0, 0.05) is 29.1 Å². The summed E-state index contributed by atoms with van der Waals surface area (Å²) in [5, 5.41) is 9.60. The van der Waals surface area contributed by atoms with E-state index in [0.717, 1.165) is 0 Å².